The van der Waals surface area contributed by atoms with E-state index >= 15 is 0 Å². The Bertz CT molecular complexity index is 661. The van der Waals surface area contributed by atoms with E-state index in [1.54, 1.807) is 0 Å². The molecule has 25 heavy (non-hydrogen) atoms. The lowest BCUT2D eigenvalue weighted by atomic mass is 10.1. The number of rotatable bonds is 10. The number of hydrogen-bond donors (Lipinski definition) is 1. The highest BCUT2D eigenvalue weighted by Gasteiger charge is 2.12. The van der Waals surface area contributed by atoms with Gasteiger partial charge in [-0.25, -0.2) is 0 Å². The molecule has 0 saturated carbocycles. The van der Waals surface area contributed by atoms with Crippen LogP contribution >= 0.6 is 27.5 Å². The van der Waals surface area contributed by atoms with Crippen molar-refractivity contribution in [1.82, 2.24) is 5.32 Å². The molecule has 2 rings (SSSR count). The van der Waals surface area contributed by atoms with E-state index in [9.17, 15) is 0 Å². The predicted molar refractivity (Wildman–Crippen MR) is 108 cm³/mol. The monoisotopic (exact) mass is 425 g/mol. The van der Waals surface area contributed by atoms with Crippen LogP contribution in [-0.4, -0.2) is 19.8 Å². The fourth-order valence-corrected chi connectivity index (χ4v) is 3.18. The predicted octanol–water partition coefficient (Wildman–Crippen LogP) is 5.62. The van der Waals surface area contributed by atoms with Crippen molar-refractivity contribution in [3.63, 3.8) is 0 Å². The van der Waals surface area contributed by atoms with Gasteiger partial charge in [-0.2, -0.15) is 0 Å². The van der Waals surface area contributed by atoms with E-state index in [2.05, 4.69) is 52.4 Å². The summed E-state index contributed by atoms with van der Waals surface area (Å²) in [5.41, 5.74) is 2.44. The summed E-state index contributed by atoms with van der Waals surface area (Å²) in [5.74, 6) is 1.58. The Hall–Kier alpha value is -1.23. The largest absolute Gasteiger partial charge is 0.490 e. The molecule has 2 aromatic rings. The highest BCUT2D eigenvalue weighted by atomic mass is 79.9. The second-order valence-electron chi connectivity index (χ2n) is 5.74. The van der Waals surface area contributed by atoms with E-state index in [1.807, 2.05) is 19.1 Å². The van der Waals surface area contributed by atoms with E-state index in [1.165, 1.54) is 5.56 Å². The molecule has 0 radical (unpaired) electrons. The maximum atomic E-state index is 5.91. The molecule has 0 saturated heterocycles. The normalized spacial score (nSPS) is 10.7. The van der Waals surface area contributed by atoms with E-state index in [0.717, 1.165) is 52.5 Å². The molecule has 1 N–H and O–H groups in total. The van der Waals surface area contributed by atoms with Crippen LogP contribution in [0.3, 0.4) is 0 Å². The van der Waals surface area contributed by atoms with Gasteiger partial charge in [-0.3, -0.25) is 0 Å². The van der Waals surface area contributed by atoms with Crippen molar-refractivity contribution in [2.75, 3.05) is 19.8 Å². The lowest BCUT2D eigenvalue weighted by Crippen LogP contribution is -2.17. The van der Waals surface area contributed by atoms with Crippen LogP contribution in [0.25, 0.3) is 0 Å². The van der Waals surface area contributed by atoms with Crippen LogP contribution in [0.5, 0.6) is 11.5 Å². The van der Waals surface area contributed by atoms with Gasteiger partial charge < -0.3 is 14.8 Å². The number of ether oxygens (including phenoxy) is 2. The molecule has 0 spiro atoms. The van der Waals surface area contributed by atoms with E-state index in [0.29, 0.717) is 13.2 Å². The van der Waals surface area contributed by atoms with Crippen LogP contribution in [0, 0.1) is 0 Å². The third-order valence-corrected chi connectivity index (χ3v) is 4.49. The van der Waals surface area contributed by atoms with Gasteiger partial charge in [0.1, 0.15) is 0 Å². The molecule has 0 atom stereocenters. The number of halogens is 2. The third-order valence-electron chi connectivity index (χ3n) is 3.65. The van der Waals surface area contributed by atoms with Crippen LogP contribution in [-0.2, 0) is 13.0 Å². The highest BCUT2D eigenvalue weighted by Crippen LogP contribution is 2.37. The summed E-state index contributed by atoms with van der Waals surface area (Å²) in [5, 5.41) is 4.25. The van der Waals surface area contributed by atoms with Crippen molar-refractivity contribution in [2.45, 2.75) is 33.2 Å². The molecule has 0 aliphatic rings. The molecule has 0 amide bonds. The van der Waals surface area contributed by atoms with E-state index in [4.69, 9.17) is 21.1 Å². The highest BCUT2D eigenvalue weighted by molar-refractivity contribution is 9.10. The molecule has 0 unspecified atom stereocenters. The summed E-state index contributed by atoms with van der Waals surface area (Å²) in [6, 6.07) is 12.1. The summed E-state index contributed by atoms with van der Waals surface area (Å²) in [6.07, 6.45) is 1.93. The van der Waals surface area contributed by atoms with Gasteiger partial charge in [0, 0.05) is 11.6 Å². The van der Waals surface area contributed by atoms with Gasteiger partial charge in [0.25, 0.3) is 0 Å². The van der Waals surface area contributed by atoms with Gasteiger partial charge in [0.15, 0.2) is 11.5 Å². The van der Waals surface area contributed by atoms with Crippen LogP contribution < -0.4 is 14.8 Å². The van der Waals surface area contributed by atoms with Crippen molar-refractivity contribution in [3.8, 4) is 11.5 Å². The summed E-state index contributed by atoms with van der Waals surface area (Å²) >= 11 is 9.52. The van der Waals surface area contributed by atoms with Gasteiger partial charge in [0.05, 0.1) is 17.7 Å². The van der Waals surface area contributed by atoms with E-state index in [-0.39, 0.29) is 0 Å². The zero-order valence-electron chi connectivity index (χ0n) is 14.8. The first-order valence-electron chi connectivity index (χ1n) is 8.67. The molecule has 0 heterocycles. The fraction of sp³-hybridized carbons (Fsp3) is 0.400. The molecule has 0 bridgehead atoms. The average molecular weight is 427 g/mol. The van der Waals surface area contributed by atoms with Crippen LogP contribution in [0.15, 0.2) is 40.9 Å². The summed E-state index contributed by atoms with van der Waals surface area (Å²) in [7, 11) is 0. The number of hydrogen-bond acceptors (Lipinski definition) is 3. The molecular weight excluding hydrogens is 402 g/mol. The lowest BCUT2D eigenvalue weighted by molar-refractivity contribution is 0.275. The van der Waals surface area contributed by atoms with Crippen molar-refractivity contribution in [3.05, 3.63) is 57.0 Å². The fourth-order valence-electron chi connectivity index (χ4n) is 2.45. The van der Waals surface area contributed by atoms with Gasteiger partial charge in [-0.05, 0) is 77.6 Å². The Morgan fingerprint density at radius 2 is 1.80 bits per heavy atom. The maximum Gasteiger partial charge on any atom is 0.175 e. The molecule has 0 aromatic heterocycles. The summed E-state index contributed by atoms with van der Waals surface area (Å²) in [4.78, 5) is 0. The smallest absolute Gasteiger partial charge is 0.175 e. The minimum Gasteiger partial charge on any atom is -0.490 e. The van der Waals surface area contributed by atoms with Crippen molar-refractivity contribution >= 4 is 27.5 Å². The SMILES string of the molecule is CCCOc1c(Br)cc(CNCCc2ccc(Cl)cc2)cc1OCC. The standard InChI is InChI=1S/C20H25BrClNO2/c1-3-11-25-20-18(21)12-16(13-19(20)24-4-2)14-23-10-9-15-5-7-17(22)8-6-15/h5-8,12-13,23H,3-4,9-11,14H2,1-2H3. The Kier molecular flexibility index (Phi) is 8.59. The van der Waals surface area contributed by atoms with Crippen LogP contribution in [0.4, 0.5) is 0 Å². The van der Waals surface area contributed by atoms with Crippen LogP contribution in [0.2, 0.25) is 5.02 Å². The minimum absolute atomic E-state index is 0.613. The topological polar surface area (TPSA) is 30.5 Å². The van der Waals surface area contributed by atoms with Gasteiger partial charge in [-0.1, -0.05) is 30.7 Å². The molecule has 0 fully saturated rings. The van der Waals surface area contributed by atoms with Crippen molar-refractivity contribution < 1.29 is 9.47 Å². The number of nitrogens with one attached hydrogen (secondary N) is 1. The Morgan fingerprint density at radius 1 is 1.04 bits per heavy atom. The molecular formula is C20H25BrClNO2. The summed E-state index contributed by atoms with van der Waals surface area (Å²) in [6.45, 7) is 7.04. The lowest BCUT2D eigenvalue weighted by Gasteiger charge is -2.15. The Balaban J connectivity index is 1.93. The van der Waals surface area contributed by atoms with Gasteiger partial charge in [0.2, 0.25) is 0 Å². The second-order valence-corrected chi connectivity index (χ2v) is 7.03. The van der Waals surface area contributed by atoms with Crippen LogP contribution in [0.1, 0.15) is 31.4 Å². The summed E-state index contributed by atoms with van der Waals surface area (Å²) < 4.78 is 12.5. The molecule has 3 nitrogen and oxygen atoms in total. The van der Waals surface area contributed by atoms with Gasteiger partial charge in [-0.15, -0.1) is 0 Å². The number of benzene rings is 2. The molecule has 136 valence electrons. The molecule has 5 heteroatoms. The Labute approximate surface area is 163 Å². The third kappa shape index (κ3) is 6.53. The zero-order chi connectivity index (χ0) is 18.1. The Morgan fingerprint density at radius 3 is 2.48 bits per heavy atom. The van der Waals surface area contributed by atoms with Gasteiger partial charge >= 0.3 is 0 Å². The first-order valence-corrected chi connectivity index (χ1v) is 9.84. The second kappa shape index (κ2) is 10.7. The average Bonchev–Trinajstić information content (AvgIpc) is 2.60. The van der Waals surface area contributed by atoms with Crippen molar-refractivity contribution in [1.29, 1.82) is 0 Å². The minimum atomic E-state index is 0.613. The van der Waals surface area contributed by atoms with E-state index < -0.39 is 0 Å². The quantitative estimate of drug-likeness (QED) is 0.500. The molecule has 0 aliphatic carbocycles. The zero-order valence-corrected chi connectivity index (χ0v) is 17.1. The van der Waals surface area contributed by atoms with Crippen molar-refractivity contribution in [2.24, 2.45) is 0 Å². The first-order chi connectivity index (χ1) is 12.1. The molecule has 2 aromatic carbocycles. The maximum absolute atomic E-state index is 5.91. The molecule has 0 aliphatic heterocycles. The first kappa shape index (κ1) is 20.1.